The molecule has 0 aromatic carbocycles. The molecule has 0 spiro atoms. The van der Waals surface area contributed by atoms with Crippen molar-refractivity contribution in [1.29, 1.82) is 0 Å². The van der Waals surface area contributed by atoms with Crippen molar-refractivity contribution in [1.82, 2.24) is 4.98 Å². The van der Waals surface area contributed by atoms with Crippen molar-refractivity contribution in [2.24, 2.45) is 0 Å². The van der Waals surface area contributed by atoms with E-state index in [1.165, 1.54) is 12.5 Å². The molecule has 1 rings (SSSR count). The van der Waals surface area contributed by atoms with Crippen molar-refractivity contribution in [3.05, 3.63) is 18.4 Å². The summed E-state index contributed by atoms with van der Waals surface area (Å²) in [6.45, 7) is 3.84. The van der Waals surface area contributed by atoms with Crippen LogP contribution in [0.1, 0.15) is 25.7 Å². The molecule has 0 amide bonds. The van der Waals surface area contributed by atoms with Crippen molar-refractivity contribution in [3.63, 3.8) is 0 Å². The highest BCUT2D eigenvalue weighted by Gasteiger charge is 2.19. The molecule has 0 bridgehead atoms. The summed E-state index contributed by atoms with van der Waals surface area (Å²) in [7, 11) is 0. The number of oxazole rings is 1. The zero-order valence-corrected chi connectivity index (χ0v) is 7.11. The van der Waals surface area contributed by atoms with Crippen LogP contribution in [-0.2, 0) is 9.53 Å². The fourth-order valence-electron chi connectivity index (χ4n) is 0.816. The third kappa shape index (κ3) is 1.84. The Morgan fingerprint density at radius 3 is 3.08 bits per heavy atom. The van der Waals surface area contributed by atoms with Gasteiger partial charge in [-0.15, -0.1) is 0 Å². The van der Waals surface area contributed by atoms with E-state index < -0.39 is 5.92 Å². The van der Waals surface area contributed by atoms with Crippen LogP contribution in [0.15, 0.2) is 16.9 Å². The van der Waals surface area contributed by atoms with Crippen LogP contribution < -0.4 is 0 Å². The van der Waals surface area contributed by atoms with Gasteiger partial charge in [0.2, 0.25) is 5.89 Å². The molecule has 0 aliphatic rings. The van der Waals surface area contributed by atoms with Gasteiger partial charge in [0.15, 0.2) is 0 Å². The number of ether oxygens (including phenoxy) is 1. The lowest BCUT2D eigenvalue weighted by Gasteiger charge is -2.05. The average molecular weight is 169 g/mol. The lowest BCUT2D eigenvalue weighted by Crippen LogP contribution is -2.13. The summed E-state index contributed by atoms with van der Waals surface area (Å²) >= 11 is 0. The number of hydrogen-bond donors (Lipinski definition) is 0. The van der Waals surface area contributed by atoms with E-state index in [9.17, 15) is 4.79 Å². The standard InChI is InChI=1S/C8H11NO3/c1-3-11-8(10)6(2)7-9-4-5-12-7/h4-6H,3H2,1-2H3. The van der Waals surface area contributed by atoms with Crippen molar-refractivity contribution in [3.8, 4) is 0 Å². The van der Waals surface area contributed by atoms with Gasteiger partial charge in [0.1, 0.15) is 12.2 Å². The summed E-state index contributed by atoms with van der Waals surface area (Å²) in [5, 5.41) is 0. The summed E-state index contributed by atoms with van der Waals surface area (Å²) in [5.41, 5.74) is 0. The maximum atomic E-state index is 11.1. The molecule has 1 aromatic rings. The lowest BCUT2D eigenvalue weighted by atomic mass is 10.2. The van der Waals surface area contributed by atoms with Crippen LogP contribution in [0.25, 0.3) is 0 Å². The molecular weight excluding hydrogens is 158 g/mol. The van der Waals surface area contributed by atoms with Crippen LogP contribution in [-0.4, -0.2) is 17.6 Å². The zero-order chi connectivity index (χ0) is 8.97. The van der Waals surface area contributed by atoms with E-state index in [2.05, 4.69) is 4.98 Å². The number of rotatable bonds is 3. The predicted octanol–water partition coefficient (Wildman–Crippen LogP) is 1.34. The molecule has 0 N–H and O–H groups in total. The summed E-state index contributed by atoms with van der Waals surface area (Å²) in [5.74, 6) is -0.326. The van der Waals surface area contributed by atoms with E-state index in [0.29, 0.717) is 12.5 Å². The van der Waals surface area contributed by atoms with Gasteiger partial charge in [-0.05, 0) is 13.8 Å². The summed E-state index contributed by atoms with van der Waals surface area (Å²) in [6.07, 6.45) is 2.94. The first kappa shape index (κ1) is 8.77. The number of nitrogens with zero attached hydrogens (tertiary/aromatic N) is 1. The number of aromatic nitrogens is 1. The average Bonchev–Trinajstić information content (AvgIpc) is 2.55. The first-order valence-corrected chi connectivity index (χ1v) is 3.81. The van der Waals surface area contributed by atoms with Crippen molar-refractivity contribution < 1.29 is 13.9 Å². The molecule has 0 radical (unpaired) electrons. The van der Waals surface area contributed by atoms with Crippen molar-refractivity contribution in [2.45, 2.75) is 19.8 Å². The molecule has 4 heteroatoms. The topological polar surface area (TPSA) is 52.3 Å². The van der Waals surface area contributed by atoms with Gasteiger partial charge in [0.25, 0.3) is 0 Å². The van der Waals surface area contributed by atoms with Gasteiger partial charge < -0.3 is 9.15 Å². The van der Waals surface area contributed by atoms with E-state index in [-0.39, 0.29) is 5.97 Å². The van der Waals surface area contributed by atoms with Gasteiger partial charge >= 0.3 is 5.97 Å². The van der Waals surface area contributed by atoms with Crippen molar-refractivity contribution in [2.75, 3.05) is 6.61 Å². The highest BCUT2D eigenvalue weighted by molar-refractivity contribution is 5.76. The second-order valence-electron chi connectivity index (χ2n) is 2.34. The number of carbonyl (C=O) groups excluding carboxylic acids is 1. The Hall–Kier alpha value is -1.32. The lowest BCUT2D eigenvalue weighted by molar-refractivity contribution is -0.145. The highest BCUT2D eigenvalue weighted by atomic mass is 16.5. The third-order valence-electron chi connectivity index (χ3n) is 1.46. The molecule has 1 atom stereocenters. The SMILES string of the molecule is CCOC(=O)C(C)c1ncco1. The molecule has 0 fully saturated rings. The Bertz CT molecular complexity index is 243. The van der Waals surface area contributed by atoms with Gasteiger partial charge in [-0.2, -0.15) is 0 Å². The first-order valence-electron chi connectivity index (χ1n) is 3.81. The van der Waals surface area contributed by atoms with E-state index in [1.807, 2.05) is 0 Å². The highest BCUT2D eigenvalue weighted by Crippen LogP contribution is 2.13. The van der Waals surface area contributed by atoms with Gasteiger partial charge in [0, 0.05) is 0 Å². The molecule has 0 saturated carbocycles. The maximum Gasteiger partial charge on any atom is 0.318 e. The molecule has 1 aromatic heterocycles. The molecule has 0 aliphatic heterocycles. The molecule has 1 heterocycles. The van der Waals surface area contributed by atoms with Crippen molar-refractivity contribution >= 4 is 5.97 Å². The van der Waals surface area contributed by atoms with Gasteiger partial charge in [0.05, 0.1) is 12.8 Å². The molecule has 0 aliphatic carbocycles. The fraction of sp³-hybridized carbons (Fsp3) is 0.500. The number of hydrogen-bond acceptors (Lipinski definition) is 4. The summed E-state index contributed by atoms with van der Waals surface area (Å²) in [4.78, 5) is 15.0. The van der Waals surface area contributed by atoms with E-state index >= 15 is 0 Å². The molecule has 4 nitrogen and oxygen atoms in total. The van der Waals surface area contributed by atoms with Crippen LogP contribution in [0.2, 0.25) is 0 Å². The van der Waals surface area contributed by atoms with Gasteiger partial charge in [-0.3, -0.25) is 4.79 Å². The minimum Gasteiger partial charge on any atom is -0.465 e. The Morgan fingerprint density at radius 2 is 2.58 bits per heavy atom. The van der Waals surface area contributed by atoms with Crippen LogP contribution >= 0.6 is 0 Å². The molecule has 12 heavy (non-hydrogen) atoms. The smallest absolute Gasteiger partial charge is 0.318 e. The number of esters is 1. The molecule has 0 saturated heterocycles. The van der Waals surface area contributed by atoms with Gasteiger partial charge in [-0.25, -0.2) is 4.98 Å². The fourth-order valence-corrected chi connectivity index (χ4v) is 0.816. The monoisotopic (exact) mass is 169 g/mol. The van der Waals surface area contributed by atoms with Crippen LogP contribution in [0.5, 0.6) is 0 Å². The zero-order valence-electron chi connectivity index (χ0n) is 7.11. The summed E-state index contributed by atoms with van der Waals surface area (Å²) in [6, 6.07) is 0. The molecular formula is C8H11NO3. The molecule has 66 valence electrons. The summed E-state index contributed by atoms with van der Waals surface area (Å²) < 4.78 is 9.74. The third-order valence-corrected chi connectivity index (χ3v) is 1.46. The minimum absolute atomic E-state index is 0.306. The second kappa shape index (κ2) is 3.90. The van der Waals surface area contributed by atoms with Gasteiger partial charge in [-0.1, -0.05) is 0 Å². The quantitative estimate of drug-likeness (QED) is 0.641. The van der Waals surface area contributed by atoms with Crippen LogP contribution in [0.3, 0.4) is 0 Å². The first-order chi connectivity index (χ1) is 5.75. The van der Waals surface area contributed by atoms with E-state index in [1.54, 1.807) is 13.8 Å². The molecule has 1 unspecified atom stereocenters. The Labute approximate surface area is 70.5 Å². The van der Waals surface area contributed by atoms with E-state index in [4.69, 9.17) is 9.15 Å². The largest absolute Gasteiger partial charge is 0.465 e. The Balaban J connectivity index is 2.59. The minimum atomic E-state index is -0.417. The Kier molecular flexibility index (Phi) is 2.85. The number of carbonyl (C=O) groups is 1. The normalized spacial score (nSPS) is 12.5. The second-order valence-corrected chi connectivity index (χ2v) is 2.34. The predicted molar refractivity (Wildman–Crippen MR) is 41.6 cm³/mol. The Morgan fingerprint density at radius 1 is 1.83 bits per heavy atom. The van der Waals surface area contributed by atoms with E-state index in [0.717, 1.165) is 0 Å². The maximum absolute atomic E-state index is 11.1. The van der Waals surface area contributed by atoms with Crippen LogP contribution in [0, 0.1) is 0 Å². The van der Waals surface area contributed by atoms with Crippen LogP contribution in [0.4, 0.5) is 0 Å².